The van der Waals surface area contributed by atoms with Gasteiger partial charge in [0.2, 0.25) is 5.91 Å². The van der Waals surface area contributed by atoms with Gasteiger partial charge < -0.3 is 15.3 Å². The molecule has 6 rings (SSSR count). The first-order valence-corrected chi connectivity index (χ1v) is 16.8. The minimum Gasteiger partial charge on any atom is -0.481 e. The van der Waals surface area contributed by atoms with Crippen LogP contribution in [-0.4, -0.2) is 57.3 Å². The summed E-state index contributed by atoms with van der Waals surface area (Å²) in [6.45, 7) is 2.15. The van der Waals surface area contributed by atoms with Crippen molar-refractivity contribution in [3.8, 4) is 0 Å². The second kappa shape index (κ2) is 12.9. The van der Waals surface area contributed by atoms with Crippen molar-refractivity contribution in [2.75, 3.05) is 25.0 Å². The lowest BCUT2D eigenvalue weighted by molar-refractivity contribution is -0.145. The Morgan fingerprint density at radius 1 is 1.09 bits per heavy atom. The third kappa shape index (κ3) is 5.98. The highest BCUT2D eigenvalue weighted by atomic mass is 35.5. The SMILES string of the molecule is O=C(O)CCc1cnc([C@]2(N3CCCCC3)CCCN2C(=O)Cc2cc(Cl)c(NC(=O)c3csc4ccccc34)cc2F)s1. The molecule has 4 heterocycles. The largest absolute Gasteiger partial charge is 0.481 e. The maximum Gasteiger partial charge on any atom is 0.303 e. The monoisotopic (exact) mass is 654 g/mol. The molecular formula is C32H32ClFN4O4S2. The summed E-state index contributed by atoms with van der Waals surface area (Å²) < 4.78 is 16.5. The van der Waals surface area contributed by atoms with Crippen LogP contribution in [0.5, 0.6) is 0 Å². The van der Waals surface area contributed by atoms with Gasteiger partial charge in [0, 0.05) is 46.2 Å². The van der Waals surface area contributed by atoms with Crippen molar-refractivity contribution in [1.82, 2.24) is 14.8 Å². The molecule has 0 spiro atoms. The van der Waals surface area contributed by atoms with Gasteiger partial charge in [-0.3, -0.25) is 19.3 Å². The number of benzene rings is 2. The molecule has 2 N–H and O–H groups in total. The molecule has 0 bridgehead atoms. The standard InChI is InChI=1S/C32H32ClFN4O4S2/c33-24-15-20(25(34)17-26(24)36-30(42)23-19-43-27-8-3-2-7-22(23)27)16-28(39)38-14-6-11-32(38,37-12-4-1-5-13-37)31-35-18-21(44-31)9-10-29(40)41/h2-3,7-8,15,17-19H,1,4-6,9-14,16H2,(H,36,42)(H,40,41)/t32-/m0/s1. The molecule has 2 aliphatic heterocycles. The summed E-state index contributed by atoms with van der Waals surface area (Å²) in [5, 5.41) is 15.4. The van der Waals surface area contributed by atoms with Gasteiger partial charge in [0.15, 0.2) is 0 Å². The molecule has 8 nitrogen and oxygen atoms in total. The van der Waals surface area contributed by atoms with Crippen LogP contribution in [0.25, 0.3) is 10.1 Å². The van der Waals surface area contributed by atoms with Crippen molar-refractivity contribution in [1.29, 1.82) is 0 Å². The number of anilines is 1. The van der Waals surface area contributed by atoms with Gasteiger partial charge in [-0.1, -0.05) is 36.2 Å². The van der Waals surface area contributed by atoms with E-state index in [1.165, 1.54) is 34.8 Å². The number of hydrogen-bond acceptors (Lipinski definition) is 7. The molecule has 2 fully saturated rings. The molecule has 2 aliphatic rings. The van der Waals surface area contributed by atoms with Crippen LogP contribution in [0.3, 0.4) is 0 Å². The molecular weight excluding hydrogens is 623 g/mol. The Balaban J connectivity index is 1.24. The minimum absolute atomic E-state index is 0.0152. The summed E-state index contributed by atoms with van der Waals surface area (Å²) in [5.41, 5.74) is 0.0276. The number of aromatic nitrogens is 1. The van der Waals surface area contributed by atoms with E-state index in [1.54, 1.807) is 11.6 Å². The Bertz CT molecular complexity index is 1720. The van der Waals surface area contributed by atoms with E-state index >= 15 is 4.39 Å². The highest BCUT2D eigenvalue weighted by molar-refractivity contribution is 7.17. The lowest BCUT2D eigenvalue weighted by atomic mass is 9.99. The zero-order valence-electron chi connectivity index (χ0n) is 24.0. The van der Waals surface area contributed by atoms with Crippen LogP contribution in [0.1, 0.15) is 64.3 Å². The van der Waals surface area contributed by atoms with E-state index in [-0.39, 0.29) is 40.9 Å². The molecule has 2 saturated heterocycles. The lowest BCUT2D eigenvalue weighted by Crippen LogP contribution is -2.58. The van der Waals surface area contributed by atoms with Crippen molar-refractivity contribution < 1.29 is 23.9 Å². The van der Waals surface area contributed by atoms with E-state index in [2.05, 4.69) is 10.2 Å². The third-order valence-electron chi connectivity index (χ3n) is 8.47. The normalized spacial score (nSPS) is 19.0. The summed E-state index contributed by atoms with van der Waals surface area (Å²) in [4.78, 5) is 47.9. The molecule has 2 amide bonds. The topological polar surface area (TPSA) is 103 Å². The van der Waals surface area contributed by atoms with Gasteiger partial charge in [-0.15, -0.1) is 22.7 Å². The molecule has 0 unspecified atom stereocenters. The van der Waals surface area contributed by atoms with Crippen LogP contribution >= 0.6 is 34.3 Å². The van der Waals surface area contributed by atoms with Crippen LogP contribution in [0.4, 0.5) is 10.1 Å². The van der Waals surface area contributed by atoms with Gasteiger partial charge >= 0.3 is 5.97 Å². The fourth-order valence-corrected chi connectivity index (χ4v) is 8.69. The second-order valence-corrected chi connectivity index (χ2v) is 13.7. The van der Waals surface area contributed by atoms with E-state index in [0.29, 0.717) is 24.9 Å². The van der Waals surface area contributed by atoms with Crippen LogP contribution in [-0.2, 0) is 28.1 Å². The number of carboxylic acids is 1. The molecule has 4 aromatic rings. The number of thiazole rings is 1. The predicted octanol–water partition coefficient (Wildman–Crippen LogP) is 6.92. The number of rotatable bonds is 9. The first-order chi connectivity index (χ1) is 21.3. The molecule has 0 aliphatic carbocycles. The summed E-state index contributed by atoms with van der Waals surface area (Å²) >= 11 is 9.45. The lowest BCUT2D eigenvalue weighted by Gasteiger charge is -2.47. The minimum atomic E-state index is -0.866. The smallest absolute Gasteiger partial charge is 0.303 e. The third-order valence-corrected chi connectivity index (χ3v) is 10.9. The first-order valence-electron chi connectivity index (χ1n) is 14.7. The number of nitrogens with zero attached hydrogens (tertiary/aromatic N) is 3. The number of aryl methyl sites for hydroxylation is 1. The maximum absolute atomic E-state index is 15.5. The van der Waals surface area contributed by atoms with Crippen LogP contribution in [0, 0.1) is 5.82 Å². The number of likely N-dealkylation sites (tertiary alicyclic amines) is 2. The summed E-state index contributed by atoms with van der Waals surface area (Å²) in [7, 11) is 0. The first kappa shape index (κ1) is 30.6. The number of aliphatic carboxylic acids is 1. The number of thiophene rings is 1. The maximum atomic E-state index is 15.5. The van der Waals surface area contributed by atoms with E-state index in [4.69, 9.17) is 21.7 Å². The number of piperidine rings is 1. The predicted molar refractivity (Wildman–Crippen MR) is 171 cm³/mol. The van der Waals surface area contributed by atoms with Crippen molar-refractivity contribution >= 4 is 67.8 Å². The Kier molecular flexibility index (Phi) is 9.00. The Hall–Kier alpha value is -3.38. The van der Waals surface area contributed by atoms with Gasteiger partial charge in [-0.25, -0.2) is 9.37 Å². The fourth-order valence-electron chi connectivity index (χ4n) is 6.34. The van der Waals surface area contributed by atoms with E-state index in [1.807, 2.05) is 29.2 Å². The zero-order valence-corrected chi connectivity index (χ0v) is 26.4. The number of carboxylic acid groups (broad SMARTS) is 1. The Labute approximate surface area is 267 Å². The zero-order chi connectivity index (χ0) is 30.8. The summed E-state index contributed by atoms with van der Waals surface area (Å²) in [5.74, 6) is -2.11. The van der Waals surface area contributed by atoms with Crippen molar-refractivity contribution in [3.63, 3.8) is 0 Å². The molecule has 1 atom stereocenters. The number of nitrogens with one attached hydrogen (secondary N) is 1. The molecule has 2 aromatic heterocycles. The van der Waals surface area contributed by atoms with E-state index < -0.39 is 17.4 Å². The molecule has 0 saturated carbocycles. The van der Waals surface area contributed by atoms with Crippen LogP contribution in [0.15, 0.2) is 48.0 Å². The summed E-state index contributed by atoms with van der Waals surface area (Å²) in [6.07, 6.45) is 6.56. The number of halogens is 2. The number of amides is 2. The average Bonchev–Trinajstić information content (AvgIpc) is 3.78. The second-order valence-electron chi connectivity index (χ2n) is 11.2. The van der Waals surface area contributed by atoms with Crippen molar-refractivity contribution in [3.05, 3.63) is 79.8 Å². The number of carbonyl (C=O) groups excluding carboxylic acids is 2. The molecule has 0 radical (unpaired) electrons. The van der Waals surface area contributed by atoms with Crippen molar-refractivity contribution in [2.45, 2.75) is 57.0 Å². The summed E-state index contributed by atoms with van der Waals surface area (Å²) in [6, 6.07) is 10.2. The Morgan fingerprint density at radius 2 is 1.89 bits per heavy atom. The van der Waals surface area contributed by atoms with Gasteiger partial charge in [-0.2, -0.15) is 0 Å². The van der Waals surface area contributed by atoms with Gasteiger partial charge in [0.1, 0.15) is 16.5 Å². The van der Waals surface area contributed by atoms with E-state index in [9.17, 15) is 14.4 Å². The van der Waals surface area contributed by atoms with Crippen molar-refractivity contribution in [2.24, 2.45) is 0 Å². The van der Waals surface area contributed by atoms with Gasteiger partial charge in [0.25, 0.3) is 5.91 Å². The van der Waals surface area contributed by atoms with Gasteiger partial charge in [0.05, 0.1) is 29.1 Å². The quantitative estimate of drug-likeness (QED) is 0.203. The van der Waals surface area contributed by atoms with Crippen LogP contribution < -0.4 is 5.32 Å². The highest BCUT2D eigenvalue weighted by Gasteiger charge is 2.51. The van der Waals surface area contributed by atoms with E-state index in [0.717, 1.165) is 58.7 Å². The molecule has 230 valence electrons. The average molecular weight is 655 g/mol. The fraction of sp³-hybridized carbons (Fsp3) is 0.375. The highest BCUT2D eigenvalue weighted by Crippen LogP contribution is 2.45. The Morgan fingerprint density at radius 3 is 2.68 bits per heavy atom. The number of hydrogen-bond donors (Lipinski definition) is 2. The number of fused-ring (bicyclic) bond motifs is 1. The van der Waals surface area contributed by atoms with Crippen LogP contribution in [0.2, 0.25) is 5.02 Å². The molecule has 44 heavy (non-hydrogen) atoms. The number of carbonyl (C=O) groups is 3. The molecule has 2 aromatic carbocycles. The molecule has 12 heteroatoms. The van der Waals surface area contributed by atoms with Gasteiger partial charge in [-0.05, 0) is 55.9 Å².